The maximum Gasteiger partial charge on any atom is 0.297 e. The Kier molecular flexibility index (Phi) is 3.68. The van der Waals surface area contributed by atoms with Crippen LogP contribution in [-0.2, 0) is 28.6 Å². The zero-order valence-electron chi connectivity index (χ0n) is 8.50. The molecule has 0 saturated carbocycles. The molecule has 1 radical (unpaired) electrons. The Labute approximate surface area is 94.1 Å². The second-order valence-corrected chi connectivity index (χ2v) is 6.02. The van der Waals surface area contributed by atoms with Crippen LogP contribution in [0.2, 0.25) is 0 Å². The summed E-state index contributed by atoms with van der Waals surface area (Å²) in [7, 11) is -5.94. The lowest BCUT2D eigenvalue weighted by molar-refractivity contribution is 0.395. The lowest BCUT2D eigenvalue weighted by Crippen LogP contribution is -2.07. The van der Waals surface area contributed by atoms with Crippen molar-refractivity contribution in [3.63, 3.8) is 0 Å². The molecule has 16 heavy (non-hydrogen) atoms. The Morgan fingerprint density at radius 2 is 1.62 bits per heavy atom. The van der Waals surface area contributed by atoms with E-state index in [-0.39, 0.29) is 9.79 Å². The van der Waals surface area contributed by atoms with Gasteiger partial charge in [-0.25, -0.2) is 0 Å². The molecule has 0 amide bonds. The van der Waals surface area contributed by atoms with Crippen LogP contribution >= 0.6 is 0 Å². The Bertz CT molecular complexity index is 523. The molecule has 89 valence electrons. The number of hydrogen-bond acceptors (Lipinski definition) is 6. The van der Waals surface area contributed by atoms with Crippen LogP contribution < -0.4 is 0 Å². The maximum atomic E-state index is 11.3. The summed E-state index contributed by atoms with van der Waals surface area (Å²) in [6, 6.07) is 5.62. The molecular formula is C8H9O6S2. The molecule has 0 bridgehead atoms. The van der Waals surface area contributed by atoms with Crippen molar-refractivity contribution in [1.82, 2.24) is 0 Å². The van der Waals surface area contributed by atoms with Crippen molar-refractivity contribution < 1.29 is 25.2 Å². The summed E-state index contributed by atoms with van der Waals surface area (Å²) in [6.45, 7) is 0. The number of hydrogen-bond donors (Lipinski definition) is 0. The zero-order chi connectivity index (χ0) is 12.4. The molecule has 0 aliphatic rings. The summed E-state index contributed by atoms with van der Waals surface area (Å²) in [5.74, 6) is 0. The van der Waals surface area contributed by atoms with E-state index in [2.05, 4.69) is 14.4 Å². The van der Waals surface area contributed by atoms with E-state index in [0.29, 0.717) is 0 Å². The Morgan fingerprint density at radius 1 is 1.06 bits per heavy atom. The van der Waals surface area contributed by atoms with Gasteiger partial charge in [-0.05, 0) is 12.1 Å². The fourth-order valence-electron chi connectivity index (χ4n) is 0.911. The van der Waals surface area contributed by atoms with Crippen molar-refractivity contribution in [2.45, 2.75) is 9.79 Å². The van der Waals surface area contributed by atoms with Crippen LogP contribution in [0.15, 0.2) is 28.0 Å². The third-order valence-corrected chi connectivity index (χ3v) is 4.23. The minimum atomic E-state index is -3.96. The van der Waals surface area contributed by atoms with Crippen molar-refractivity contribution in [3.8, 4) is 0 Å². The van der Waals surface area contributed by atoms with Crippen LogP contribution in [0.3, 0.4) is 0 Å². The highest BCUT2D eigenvalue weighted by molar-refractivity contribution is 7.87. The van der Waals surface area contributed by atoms with Crippen LogP contribution in [0, 0.1) is 6.07 Å². The summed E-state index contributed by atoms with van der Waals surface area (Å²) in [6.07, 6.45) is 0. The predicted molar refractivity (Wildman–Crippen MR) is 53.7 cm³/mol. The molecule has 0 saturated heterocycles. The van der Waals surface area contributed by atoms with Crippen LogP contribution in [0.4, 0.5) is 0 Å². The minimum absolute atomic E-state index is 0.274. The largest absolute Gasteiger partial charge is 0.297 e. The van der Waals surface area contributed by atoms with Gasteiger partial charge < -0.3 is 0 Å². The average molecular weight is 265 g/mol. The molecule has 0 heterocycles. The Hall–Kier alpha value is -0.960. The molecule has 1 rings (SSSR count). The molecule has 0 N–H and O–H groups in total. The first-order valence-electron chi connectivity index (χ1n) is 3.96. The van der Waals surface area contributed by atoms with Crippen LogP contribution in [-0.4, -0.2) is 31.1 Å². The van der Waals surface area contributed by atoms with E-state index in [4.69, 9.17) is 0 Å². The van der Waals surface area contributed by atoms with Gasteiger partial charge in [-0.3, -0.25) is 8.37 Å². The molecular weight excluding hydrogens is 256 g/mol. The normalized spacial score (nSPS) is 12.6. The van der Waals surface area contributed by atoms with E-state index in [1.54, 1.807) is 0 Å². The highest BCUT2D eigenvalue weighted by Gasteiger charge is 2.19. The van der Waals surface area contributed by atoms with E-state index in [0.717, 1.165) is 26.4 Å². The summed E-state index contributed by atoms with van der Waals surface area (Å²) < 4.78 is 53.6. The van der Waals surface area contributed by atoms with E-state index in [1.807, 2.05) is 0 Å². The first-order chi connectivity index (χ1) is 7.33. The van der Waals surface area contributed by atoms with Gasteiger partial charge in [0.05, 0.1) is 19.1 Å². The van der Waals surface area contributed by atoms with Crippen molar-refractivity contribution in [2.24, 2.45) is 0 Å². The molecule has 0 fully saturated rings. The van der Waals surface area contributed by atoms with E-state index in [9.17, 15) is 16.8 Å². The smallest absolute Gasteiger partial charge is 0.270 e. The Balaban J connectivity index is 3.37. The van der Waals surface area contributed by atoms with Gasteiger partial charge >= 0.3 is 0 Å². The molecule has 0 aliphatic carbocycles. The lowest BCUT2D eigenvalue weighted by Gasteiger charge is -2.04. The predicted octanol–water partition coefficient (Wildman–Crippen LogP) is 0.157. The monoisotopic (exact) mass is 265 g/mol. The molecule has 6 nitrogen and oxygen atoms in total. The summed E-state index contributed by atoms with van der Waals surface area (Å²) in [5, 5.41) is 0. The maximum absolute atomic E-state index is 11.3. The van der Waals surface area contributed by atoms with Crippen LogP contribution in [0.5, 0.6) is 0 Å². The van der Waals surface area contributed by atoms with Crippen molar-refractivity contribution in [1.29, 1.82) is 0 Å². The van der Waals surface area contributed by atoms with E-state index < -0.39 is 20.2 Å². The number of rotatable bonds is 4. The van der Waals surface area contributed by atoms with E-state index >= 15 is 0 Å². The van der Waals surface area contributed by atoms with Gasteiger partial charge in [-0.1, -0.05) is 6.07 Å². The van der Waals surface area contributed by atoms with Crippen molar-refractivity contribution in [3.05, 3.63) is 24.3 Å². The summed E-state index contributed by atoms with van der Waals surface area (Å²) in [4.78, 5) is -0.641. The molecule has 1 aromatic carbocycles. The molecule has 8 heteroatoms. The SMILES string of the molecule is COS(=O)(=O)c1[c]ccc(S(=O)(=O)OC)c1. The molecule has 0 atom stereocenters. The minimum Gasteiger partial charge on any atom is -0.270 e. The second kappa shape index (κ2) is 4.50. The van der Waals surface area contributed by atoms with Crippen LogP contribution in [0.25, 0.3) is 0 Å². The average Bonchev–Trinajstić information content (AvgIpc) is 2.29. The molecule has 1 aromatic rings. The first-order valence-corrected chi connectivity index (χ1v) is 6.78. The fourth-order valence-corrected chi connectivity index (χ4v) is 2.34. The highest BCUT2D eigenvalue weighted by Crippen LogP contribution is 2.17. The van der Waals surface area contributed by atoms with Crippen molar-refractivity contribution in [2.75, 3.05) is 14.2 Å². The van der Waals surface area contributed by atoms with Gasteiger partial charge in [0, 0.05) is 6.07 Å². The Morgan fingerprint density at radius 3 is 2.12 bits per heavy atom. The zero-order valence-corrected chi connectivity index (χ0v) is 10.1. The molecule has 0 spiro atoms. The molecule has 0 aliphatic heterocycles. The van der Waals surface area contributed by atoms with Gasteiger partial charge in [-0.15, -0.1) is 0 Å². The molecule has 0 unspecified atom stereocenters. The highest BCUT2D eigenvalue weighted by atomic mass is 32.2. The van der Waals surface area contributed by atoms with Gasteiger partial charge in [0.25, 0.3) is 20.2 Å². The quantitative estimate of drug-likeness (QED) is 0.721. The molecule has 0 aromatic heterocycles. The second-order valence-electron chi connectivity index (χ2n) is 2.63. The van der Waals surface area contributed by atoms with Crippen LogP contribution in [0.1, 0.15) is 0 Å². The van der Waals surface area contributed by atoms with E-state index in [1.165, 1.54) is 6.07 Å². The van der Waals surface area contributed by atoms with Crippen molar-refractivity contribution >= 4 is 20.2 Å². The third-order valence-electron chi connectivity index (χ3n) is 1.74. The lowest BCUT2D eigenvalue weighted by atomic mass is 10.4. The third kappa shape index (κ3) is 2.59. The summed E-state index contributed by atoms with van der Waals surface area (Å²) >= 11 is 0. The summed E-state index contributed by atoms with van der Waals surface area (Å²) in [5.41, 5.74) is 0. The van der Waals surface area contributed by atoms with Gasteiger partial charge in [0.15, 0.2) is 0 Å². The topological polar surface area (TPSA) is 86.7 Å². The van der Waals surface area contributed by atoms with Gasteiger partial charge in [0.2, 0.25) is 0 Å². The standard InChI is InChI=1S/C8H9O6S2/c1-13-15(9,10)7-4-3-5-8(6-7)16(11,12)14-2/h3-4,6H,1-2H3. The van der Waals surface area contributed by atoms with Gasteiger partial charge in [-0.2, -0.15) is 16.8 Å². The fraction of sp³-hybridized carbons (Fsp3) is 0.250. The van der Waals surface area contributed by atoms with Gasteiger partial charge in [0.1, 0.15) is 4.90 Å². The first kappa shape index (κ1) is 13.1. The number of benzene rings is 1.